The Morgan fingerprint density at radius 2 is 1.94 bits per heavy atom. The maximum atomic E-state index is 13.6. The van der Waals surface area contributed by atoms with Gasteiger partial charge in [0.25, 0.3) is 5.56 Å². The second-order valence-corrected chi connectivity index (χ2v) is 9.07. The van der Waals surface area contributed by atoms with Crippen molar-refractivity contribution in [2.24, 2.45) is 18.9 Å². The molecule has 182 valence electrons. The van der Waals surface area contributed by atoms with Crippen LogP contribution < -0.4 is 16.2 Å². The van der Waals surface area contributed by atoms with Gasteiger partial charge in [-0.1, -0.05) is 24.3 Å². The van der Waals surface area contributed by atoms with Crippen molar-refractivity contribution in [1.29, 1.82) is 0 Å². The van der Waals surface area contributed by atoms with E-state index < -0.39 is 24.0 Å². The molecule has 5 rings (SSSR count). The van der Waals surface area contributed by atoms with Crippen molar-refractivity contribution < 1.29 is 14.7 Å². The average molecular weight is 477 g/mol. The van der Waals surface area contributed by atoms with Gasteiger partial charge in [0.15, 0.2) is 0 Å². The fraction of sp³-hybridized carbons (Fsp3) is 0.360. The first-order valence-electron chi connectivity index (χ1n) is 11.7. The fourth-order valence-electron chi connectivity index (χ4n) is 5.38. The topological polar surface area (TPSA) is 121 Å². The van der Waals surface area contributed by atoms with E-state index in [1.165, 1.54) is 11.0 Å². The molecule has 1 fully saturated rings. The number of carbonyl (C=O) groups is 2. The summed E-state index contributed by atoms with van der Waals surface area (Å²) in [7, 11) is 1.88. The molecule has 0 spiro atoms. The van der Waals surface area contributed by atoms with Crippen molar-refractivity contribution in [3.8, 4) is 0 Å². The normalized spacial score (nSPS) is 22.5. The summed E-state index contributed by atoms with van der Waals surface area (Å²) in [6.07, 6.45) is 4.13. The predicted molar refractivity (Wildman–Crippen MR) is 129 cm³/mol. The number of aromatic nitrogens is 3. The van der Waals surface area contributed by atoms with Crippen LogP contribution in [0.25, 0.3) is 0 Å². The Balaban J connectivity index is 1.44. The van der Waals surface area contributed by atoms with Gasteiger partial charge in [-0.05, 0) is 18.2 Å². The highest BCUT2D eigenvalue weighted by Gasteiger charge is 2.57. The second kappa shape index (κ2) is 9.38. The molecule has 0 aliphatic carbocycles. The number of nitrogens with zero attached hydrogens (tertiary/aromatic N) is 4. The van der Waals surface area contributed by atoms with E-state index in [4.69, 9.17) is 0 Å². The number of urea groups is 1. The summed E-state index contributed by atoms with van der Waals surface area (Å²) < 4.78 is 3.47. The lowest BCUT2D eigenvalue weighted by Gasteiger charge is -2.31. The minimum atomic E-state index is -0.883. The van der Waals surface area contributed by atoms with Crippen molar-refractivity contribution >= 4 is 17.6 Å². The second-order valence-electron chi connectivity index (χ2n) is 9.07. The van der Waals surface area contributed by atoms with Crippen LogP contribution in [0.5, 0.6) is 0 Å². The number of fused-ring (bicyclic) bond motifs is 3. The van der Waals surface area contributed by atoms with Gasteiger partial charge >= 0.3 is 6.03 Å². The maximum absolute atomic E-state index is 13.6. The van der Waals surface area contributed by atoms with Crippen molar-refractivity contribution in [1.82, 2.24) is 24.3 Å². The van der Waals surface area contributed by atoms with Gasteiger partial charge in [-0.2, -0.15) is 0 Å². The standard InChI is InChI=1S/C25H28N6O4/c1-29-12-17(27-15-29)10-11-26-24(34)23-19(14-32)18-13-30-20(8-5-9-21(30)33)22(18)31(23)25(35)28-16-6-3-2-4-7-16/h2-9,12,15,18-19,22-23,32H,10-11,13-14H2,1H3,(H,26,34)(H,28,35)/t18-,19-,22+,23-/m1/s1. The largest absolute Gasteiger partial charge is 0.396 e. The van der Waals surface area contributed by atoms with E-state index in [1.54, 1.807) is 29.1 Å². The van der Waals surface area contributed by atoms with Crippen LogP contribution in [0.3, 0.4) is 0 Å². The summed E-state index contributed by atoms with van der Waals surface area (Å²) in [5.74, 6) is -1.11. The van der Waals surface area contributed by atoms with Crippen molar-refractivity contribution in [3.63, 3.8) is 0 Å². The molecule has 2 aromatic heterocycles. The average Bonchev–Trinajstić information content (AvgIpc) is 3.52. The fourth-order valence-corrected chi connectivity index (χ4v) is 5.38. The number of benzene rings is 1. The molecule has 1 aromatic carbocycles. The van der Waals surface area contributed by atoms with Crippen LogP contribution in [0.4, 0.5) is 10.5 Å². The molecular weight excluding hydrogens is 448 g/mol. The molecular formula is C25H28N6O4. The minimum absolute atomic E-state index is 0.159. The van der Waals surface area contributed by atoms with Gasteiger partial charge in [-0.15, -0.1) is 0 Å². The van der Waals surface area contributed by atoms with Crippen LogP contribution in [0.15, 0.2) is 65.8 Å². The number of aliphatic hydroxyl groups is 1. The molecule has 10 heteroatoms. The van der Waals surface area contributed by atoms with Gasteiger partial charge in [0.05, 0.1) is 18.1 Å². The van der Waals surface area contributed by atoms with Crippen molar-refractivity contribution in [2.45, 2.75) is 25.0 Å². The first-order chi connectivity index (χ1) is 17.0. The van der Waals surface area contributed by atoms with Crippen LogP contribution in [0.1, 0.15) is 17.4 Å². The maximum Gasteiger partial charge on any atom is 0.323 e. The summed E-state index contributed by atoms with van der Waals surface area (Å²) in [6.45, 7) is 0.416. The Kier molecular flexibility index (Phi) is 6.12. The summed E-state index contributed by atoms with van der Waals surface area (Å²) in [5, 5.41) is 16.1. The summed E-state index contributed by atoms with van der Waals surface area (Å²) in [6, 6.07) is 12.1. The van der Waals surface area contributed by atoms with Crippen LogP contribution >= 0.6 is 0 Å². The number of carbonyl (C=O) groups excluding carboxylic acids is 2. The minimum Gasteiger partial charge on any atom is -0.396 e. The molecule has 3 aromatic rings. The molecule has 0 saturated carbocycles. The van der Waals surface area contributed by atoms with Gasteiger partial charge < -0.3 is 29.8 Å². The van der Waals surface area contributed by atoms with E-state index in [0.717, 1.165) is 5.69 Å². The van der Waals surface area contributed by atoms with Gasteiger partial charge in [0.2, 0.25) is 5.91 Å². The first-order valence-corrected chi connectivity index (χ1v) is 11.7. The number of amides is 3. The number of para-hydroxylation sites is 1. The molecule has 0 radical (unpaired) electrons. The Hall–Kier alpha value is -3.92. The molecule has 4 atom stereocenters. The molecule has 0 unspecified atom stereocenters. The highest BCUT2D eigenvalue weighted by molar-refractivity contribution is 5.95. The third kappa shape index (κ3) is 4.21. The summed E-state index contributed by atoms with van der Waals surface area (Å²) in [5.41, 5.74) is 1.96. The lowest BCUT2D eigenvalue weighted by molar-refractivity contribution is -0.126. The van der Waals surface area contributed by atoms with E-state index in [0.29, 0.717) is 30.9 Å². The highest BCUT2D eigenvalue weighted by Crippen LogP contribution is 2.49. The van der Waals surface area contributed by atoms with Gasteiger partial charge in [0, 0.05) is 68.6 Å². The zero-order chi connectivity index (χ0) is 24.5. The quantitative estimate of drug-likeness (QED) is 0.493. The van der Waals surface area contributed by atoms with E-state index in [9.17, 15) is 19.5 Å². The number of hydrogen-bond donors (Lipinski definition) is 3. The van der Waals surface area contributed by atoms with E-state index in [1.807, 2.05) is 42.1 Å². The molecule has 1 saturated heterocycles. The number of hydrogen-bond acceptors (Lipinski definition) is 5. The molecule has 10 nitrogen and oxygen atoms in total. The zero-order valence-electron chi connectivity index (χ0n) is 19.4. The van der Waals surface area contributed by atoms with Crippen molar-refractivity contribution in [3.05, 3.63) is 82.8 Å². The third-order valence-electron chi connectivity index (χ3n) is 6.92. The lowest BCUT2D eigenvalue weighted by atomic mass is 9.88. The van der Waals surface area contributed by atoms with Crippen molar-refractivity contribution in [2.75, 3.05) is 18.5 Å². The first kappa shape index (κ1) is 22.9. The smallest absolute Gasteiger partial charge is 0.323 e. The number of aliphatic hydroxyl groups excluding tert-OH is 1. The Labute approximate surface area is 202 Å². The highest BCUT2D eigenvalue weighted by atomic mass is 16.3. The van der Waals surface area contributed by atoms with Crippen LogP contribution in [-0.2, 0) is 24.8 Å². The Morgan fingerprint density at radius 1 is 1.14 bits per heavy atom. The number of anilines is 1. The van der Waals surface area contributed by atoms with Gasteiger partial charge in [0.1, 0.15) is 6.04 Å². The molecule has 2 aliphatic rings. The number of likely N-dealkylation sites (tertiary alicyclic amines) is 1. The van der Waals surface area contributed by atoms with Gasteiger partial charge in [-0.25, -0.2) is 9.78 Å². The van der Waals surface area contributed by atoms with E-state index >= 15 is 0 Å². The number of pyridine rings is 1. The van der Waals surface area contributed by atoms with E-state index in [2.05, 4.69) is 15.6 Å². The predicted octanol–water partition coefficient (Wildman–Crippen LogP) is 1.14. The zero-order valence-corrected chi connectivity index (χ0v) is 19.4. The number of nitrogens with one attached hydrogen (secondary N) is 2. The molecule has 3 amide bonds. The summed E-state index contributed by atoms with van der Waals surface area (Å²) >= 11 is 0. The Bertz CT molecular complexity index is 1290. The monoisotopic (exact) mass is 476 g/mol. The van der Waals surface area contributed by atoms with Gasteiger partial charge in [-0.3, -0.25) is 9.59 Å². The molecule has 35 heavy (non-hydrogen) atoms. The number of rotatable bonds is 6. The summed E-state index contributed by atoms with van der Waals surface area (Å²) in [4.78, 5) is 45.3. The SMILES string of the molecule is Cn1cnc(CCNC(=O)[C@H]2[C@H](CO)[C@H]3Cn4c(cccc4=O)[C@H]3N2C(=O)Nc2ccccc2)c1. The molecule has 4 heterocycles. The molecule has 2 aliphatic heterocycles. The molecule has 0 bridgehead atoms. The number of aryl methyl sites for hydroxylation is 1. The number of imidazole rings is 1. The lowest BCUT2D eigenvalue weighted by Crippen LogP contribution is -2.51. The van der Waals surface area contributed by atoms with Crippen LogP contribution in [0.2, 0.25) is 0 Å². The third-order valence-corrected chi connectivity index (χ3v) is 6.92. The van der Waals surface area contributed by atoms with E-state index in [-0.39, 0.29) is 24.0 Å². The van der Waals surface area contributed by atoms with Crippen LogP contribution in [0, 0.1) is 11.8 Å². The van der Waals surface area contributed by atoms with Crippen LogP contribution in [-0.4, -0.2) is 55.3 Å². The Morgan fingerprint density at radius 3 is 2.66 bits per heavy atom. The molecule has 3 N–H and O–H groups in total.